The smallest absolute Gasteiger partial charge is 0.337 e. The Labute approximate surface area is 170 Å². The maximum atomic E-state index is 13.1. The van der Waals surface area contributed by atoms with Gasteiger partial charge in [-0.3, -0.25) is 9.78 Å². The van der Waals surface area contributed by atoms with Crippen molar-refractivity contribution < 1.29 is 19.1 Å². The first-order valence-electron chi connectivity index (χ1n) is 9.95. The molecule has 3 rings (SSSR count). The van der Waals surface area contributed by atoms with Crippen molar-refractivity contribution in [2.45, 2.75) is 52.5 Å². The van der Waals surface area contributed by atoms with Gasteiger partial charge in [-0.05, 0) is 55.5 Å². The molecule has 29 heavy (non-hydrogen) atoms. The molecular weight excluding hydrogens is 371 g/mol. The van der Waals surface area contributed by atoms with Crippen molar-refractivity contribution in [1.29, 1.82) is 0 Å². The summed E-state index contributed by atoms with van der Waals surface area (Å²) in [6, 6.07) is 9.36. The van der Waals surface area contributed by atoms with E-state index in [0.717, 1.165) is 24.1 Å². The highest BCUT2D eigenvalue weighted by Crippen LogP contribution is 2.35. The quantitative estimate of drug-likeness (QED) is 0.810. The minimum absolute atomic E-state index is 0.0805. The fourth-order valence-corrected chi connectivity index (χ4v) is 3.75. The topological polar surface area (TPSA) is 70.5 Å². The number of carbonyl (C=O) groups is 2. The molecule has 2 heterocycles. The Bertz CT molecular complexity index is 903. The first-order valence-corrected chi connectivity index (χ1v) is 9.95. The van der Waals surface area contributed by atoms with E-state index in [1.54, 1.807) is 24.3 Å². The second-order valence-corrected chi connectivity index (χ2v) is 8.57. The molecule has 1 amide bonds. The summed E-state index contributed by atoms with van der Waals surface area (Å²) in [6.45, 7) is 6.40. The molecule has 0 radical (unpaired) electrons. The monoisotopic (exact) mass is 398 g/mol. The summed E-state index contributed by atoms with van der Waals surface area (Å²) >= 11 is 0. The number of aromatic carboxylic acids is 1. The minimum atomic E-state index is -1.02. The Kier molecular flexibility index (Phi) is 6.01. The van der Waals surface area contributed by atoms with E-state index < -0.39 is 11.4 Å². The number of halogens is 1. The van der Waals surface area contributed by atoms with Gasteiger partial charge in [-0.2, -0.15) is 0 Å². The molecule has 1 aromatic heterocycles. The number of carboxylic acid groups (broad SMARTS) is 1. The van der Waals surface area contributed by atoms with E-state index in [-0.39, 0.29) is 23.3 Å². The van der Waals surface area contributed by atoms with Crippen LogP contribution in [0, 0.1) is 11.2 Å². The lowest BCUT2D eigenvalue weighted by molar-refractivity contribution is -0.140. The molecule has 0 saturated carbocycles. The van der Waals surface area contributed by atoms with Crippen LogP contribution < -0.4 is 0 Å². The predicted molar refractivity (Wildman–Crippen MR) is 108 cm³/mol. The summed E-state index contributed by atoms with van der Waals surface area (Å²) in [7, 11) is 0. The van der Waals surface area contributed by atoms with E-state index in [4.69, 9.17) is 0 Å². The Morgan fingerprint density at radius 1 is 1.14 bits per heavy atom. The van der Waals surface area contributed by atoms with E-state index >= 15 is 0 Å². The molecule has 0 spiro atoms. The number of nitrogens with zero attached hydrogens (tertiary/aromatic N) is 2. The summed E-state index contributed by atoms with van der Waals surface area (Å²) in [6.07, 6.45) is 2.71. The highest BCUT2D eigenvalue weighted by Gasteiger charge is 2.36. The molecule has 2 aromatic rings. The van der Waals surface area contributed by atoms with Gasteiger partial charge in [0.05, 0.1) is 23.0 Å². The molecule has 1 aliphatic rings. The van der Waals surface area contributed by atoms with Crippen LogP contribution in [0.5, 0.6) is 0 Å². The number of hydrogen-bond acceptors (Lipinski definition) is 3. The number of hydrogen-bond donors (Lipinski definition) is 1. The lowest BCUT2D eigenvalue weighted by atomic mass is 9.94. The maximum absolute atomic E-state index is 13.1. The van der Waals surface area contributed by atoms with Crippen molar-refractivity contribution in [2.75, 3.05) is 6.54 Å². The molecule has 1 atom stereocenters. The summed E-state index contributed by atoms with van der Waals surface area (Å²) in [5, 5.41) is 9.55. The van der Waals surface area contributed by atoms with Crippen molar-refractivity contribution in [3.8, 4) is 0 Å². The van der Waals surface area contributed by atoms with Gasteiger partial charge in [-0.15, -0.1) is 0 Å². The van der Waals surface area contributed by atoms with Crippen molar-refractivity contribution in [1.82, 2.24) is 9.88 Å². The van der Waals surface area contributed by atoms with Gasteiger partial charge >= 0.3 is 5.97 Å². The summed E-state index contributed by atoms with van der Waals surface area (Å²) in [5.74, 6) is -1.24. The number of likely N-dealkylation sites (tertiary alicyclic amines) is 1. The number of pyridine rings is 1. The van der Waals surface area contributed by atoms with Gasteiger partial charge in [-0.25, -0.2) is 9.18 Å². The van der Waals surface area contributed by atoms with Crippen molar-refractivity contribution in [2.24, 2.45) is 5.41 Å². The molecule has 5 nitrogen and oxygen atoms in total. The van der Waals surface area contributed by atoms with Crippen molar-refractivity contribution >= 4 is 11.9 Å². The maximum Gasteiger partial charge on any atom is 0.337 e. The van der Waals surface area contributed by atoms with Gasteiger partial charge in [0.25, 0.3) is 0 Å². The van der Waals surface area contributed by atoms with E-state index in [0.29, 0.717) is 25.1 Å². The fourth-order valence-electron chi connectivity index (χ4n) is 3.75. The number of rotatable bonds is 5. The zero-order chi connectivity index (χ0) is 21.2. The number of amides is 1. The third-order valence-electron chi connectivity index (χ3n) is 5.29. The van der Waals surface area contributed by atoms with Crippen LogP contribution in [0.25, 0.3) is 0 Å². The van der Waals surface area contributed by atoms with Crippen LogP contribution in [0.3, 0.4) is 0 Å². The highest BCUT2D eigenvalue weighted by molar-refractivity contribution is 5.89. The van der Waals surface area contributed by atoms with Crippen molar-refractivity contribution in [3.63, 3.8) is 0 Å². The first kappa shape index (κ1) is 21.0. The van der Waals surface area contributed by atoms with Crippen LogP contribution in [-0.4, -0.2) is 33.4 Å². The van der Waals surface area contributed by atoms with Crippen LogP contribution in [0.15, 0.2) is 36.4 Å². The Hall–Kier alpha value is -2.76. The van der Waals surface area contributed by atoms with Gasteiger partial charge < -0.3 is 10.0 Å². The third-order valence-corrected chi connectivity index (χ3v) is 5.29. The normalized spacial score (nSPS) is 16.8. The van der Waals surface area contributed by atoms with E-state index in [1.165, 1.54) is 12.1 Å². The van der Waals surface area contributed by atoms with E-state index in [9.17, 15) is 19.1 Å². The molecule has 1 aromatic carbocycles. The molecule has 1 fully saturated rings. The molecule has 1 unspecified atom stereocenters. The van der Waals surface area contributed by atoms with Gasteiger partial charge in [-0.1, -0.05) is 32.9 Å². The van der Waals surface area contributed by atoms with Crippen LogP contribution in [0.1, 0.15) is 67.0 Å². The van der Waals surface area contributed by atoms with E-state index in [2.05, 4.69) is 4.98 Å². The first-order chi connectivity index (χ1) is 13.7. The lowest BCUT2D eigenvalue weighted by Gasteiger charge is -2.31. The van der Waals surface area contributed by atoms with Crippen molar-refractivity contribution in [3.05, 3.63) is 64.7 Å². The minimum Gasteiger partial charge on any atom is -0.478 e. The molecule has 1 N–H and O–H groups in total. The number of benzene rings is 1. The largest absolute Gasteiger partial charge is 0.478 e. The molecular formula is C23H27FN2O3. The zero-order valence-corrected chi connectivity index (χ0v) is 17.1. The number of aromatic nitrogens is 1. The SMILES string of the molecule is CC(C)(C)C(=O)N1CCCC1c1ccc(C(=O)O)c(CCc2ccc(F)cc2)n1. The molecule has 0 aliphatic carbocycles. The summed E-state index contributed by atoms with van der Waals surface area (Å²) in [5.41, 5.74) is 1.84. The predicted octanol–water partition coefficient (Wildman–Crippen LogP) is 4.41. The second kappa shape index (κ2) is 8.31. The summed E-state index contributed by atoms with van der Waals surface area (Å²) < 4.78 is 13.1. The Balaban J connectivity index is 1.86. The zero-order valence-electron chi connectivity index (χ0n) is 17.1. The average molecular weight is 398 g/mol. The lowest BCUT2D eigenvalue weighted by Crippen LogP contribution is -2.39. The molecule has 6 heteroatoms. The molecule has 0 bridgehead atoms. The number of aryl methyl sites for hydroxylation is 2. The van der Waals surface area contributed by atoms with E-state index in [1.807, 2.05) is 25.7 Å². The number of carboxylic acids is 1. The summed E-state index contributed by atoms with van der Waals surface area (Å²) in [4.78, 5) is 31.0. The van der Waals surface area contributed by atoms with Crippen LogP contribution >= 0.6 is 0 Å². The Morgan fingerprint density at radius 2 is 1.83 bits per heavy atom. The molecule has 154 valence electrons. The highest BCUT2D eigenvalue weighted by atomic mass is 19.1. The van der Waals surface area contributed by atoms with Crippen LogP contribution in [0.2, 0.25) is 0 Å². The van der Waals surface area contributed by atoms with Gasteiger partial charge in [0.1, 0.15) is 5.82 Å². The van der Waals surface area contributed by atoms with Gasteiger partial charge in [0.15, 0.2) is 0 Å². The van der Waals surface area contributed by atoms with Gasteiger partial charge in [0.2, 0.25) is 5.91 Å². The molecule has 1 aliphatic heterocycles. The third kappa shape index (κ3) is 4.81. The van der Waals surface area contributed by atoms with Crippen LogP contribution in [-0.2, 0) is 17.6 Å². The second-order valence-electron chi connectivity index (χ2n) is 8.57. The molecule has 1 saturated heterocycles. The Morgan fingerprint density at radius 3 is 2.45 bits per heavy atom. The average Bonchev–Trinajstić information content (AvgIpc) is 3.15. The fraction of sp³-hybridized carbons (Fsp3) is 0.435. The van der Waals surface area contributed by atoms with Gasteiger partial charge in [0, 0.05) is 12.0 Å². The number of carbonyl (C=O) groups excluding carboxylic acids is 1. The standard InChI is InChI=1S/C23H27FN2O3/c1-23(2,3)22(29)26-14-4-5-20(26)19-13-11-17(21(27)28)18(25-19)12-8-15-6-9-16(24)10-7-15/h6-7,9-11,13,20H,4-5,8,12,14H2,1-3H3,(H,27,28). The van der Waals surface area contributed by atoms with Crippen LogP contribution in [0.4, 0.5) is 4.39 Å².